The first-order chi connectivity index (χ1) is 5.39. The third-order valence-electron chi connectivity index (χ3n) is 0.684. The van der Waals surface area contributed by atoms with Gasteiger partial charge in [0, 0.05) is 12.4 Å². The smallest absolute Gasteiger partial charge is 0.0500 e. The predicted octanol–water partition coefficient (Wildman–Crippen LogP) is 2.72. The molecule has 0 unspecified atom stereocenters. The summed E-state index contributed by atoms with van der Waals surface area (Å²) in [6.07, 6.45) is 3.30. The van der Waals surface area contributed by atoms with E-state index in [2.05, 4.69) is 4.98 Å². The number of hydrogen-bond acceptors (Lipinski definition) is 2. The van der Waals surface area contributed by atoms with Gasteiger partial charge in [-0.1, -0.05) is 27.7 Å². The molecule has 1 heterocycles. The standard InChI is InChI=1S/C5H6N2.2C2H6/c6-5-2-1-3-7-4-5;2*1-2/h1-4H,6H2;2*1-2H3. The molecule has 1 aromatic rings. The van der Waals surface area contributed by atoms with Crippen LogP contribution in [0.1, 0.15) is 27.7 Å². The molecule has 2 N–H and O–H groups in total. The van der Waals surface area contributed by atoms with Crippen molar-refractivity contribution in [2.45, 2.75) is 27.7 Å². The number of aromatic nitrogens is 1. The molecule has 0 aliphatic rings. The van der Waals surface area contributed by atoms with E-state index in [1.165, 1.54) is 0 Å². The summed E-state index contributed by atoms with van der Waals surface area (Å²) in [5, 5.41) is 0. The summed E-state index contributed by atoms with van der Waals surface area (Å²) >= 11 is 0. The first-order valence-electron chi connectivity index (χ1n) is 4.05. The van der Waals surface area contributed by atoms with Crippen molar-refractivity contribution in [3.63, 3.8) is 0 Å². The fourth-order valence-electron chi connectivity index (χ4n) is 0.376. The Morgan fingerprint density at radius 1 is 1.18 bits per heavy atom. The maximum Gasteiger partial charge on any atom is 0.0500 e. The average molecular weight is 154 g/mol. The molecular weight excluding hydrogens is 136 g/mol. The summed E-state index contributed by atoms with van der Waals surface area (Å²) in [7, 11) is 0. The Morgan fingerprint density at radius 3 is 1.91 bits per heavy atom. The lowest BCUT2D eigenvalue weighted by atomic mass is 10.4. The van der Waals surface area contributed by atoms with E-state index in [4.69, 9.17) is 5.73 Å². The molecule has 0 aliphatic heterocycles. The molecule has 0 saturated carbocycles. The summed E-state index contributed by atoms with van der Waals surface area (Å²) in [4.78, 5) is 3.76. The monoisotopic (exact) mass is 154 g/mol. The second kappa shape index (κ2) is 11.7. The Labute approximate surface area is 69.5 Å². The highest BCUT2D eigenvalue weighted by Crippen LogP contribution is 1.92. The van der Waals surface area contributed by atoms with Crippen molar-refractivity contribution in [3.05, 3.63) is 24.5 Å². The van der Waals surface area contributed by atoms with Crippen LogP contribution in [0.2, 0.25) is 0 Å². The molecule has 0 bridgehead atoms. The van der Waals surface area contributed by atoms with Gasteiger partial charge in [-0.25, -0.2) is 0 Å². The van der Waals surface area contributed by atoms with Crippen LogP contribution in [0, 0.1) is 0 Å². The van der Waals surface area contributed by atoms with Crippen LogP contribution in [0.4, 0.5) is 5.69 Å². The highest BCUT2D eigenvalue weighted by atomic mass is 14.7. The van der Waals surface area contributed by atoms with E-state index in [1.807, 2.05) is 27.7 Å². The van der Waals surface area contributed by atoms with E-state index in [9.17, 15) is 0 Å². The van der Waals surface area contributed by atoms with Crippen molar-refractivity contribution in [3.8, 4) is 0 Å². The van der Waals surface area contributed by atoms with E-state index in [1.54, 1.807) is 24.5 Å². The van der Waals surface area contributed by atoms with Gasteiger partial charge in [-0.15, -0.1) is 0 Å². The van der Waals surface area contributed by atoms with Crippen LogP contribution in [0.5, 0.6) is 0 Å². The minimum absolute atomic E-state index is 0.711. The van der Waals surface area contributed by atoms with Gasteiger partial charge in [-0.3, -0.25) is 4.98 Å². The number of hydrogen-bond donors (Lipinski definition) is 1. The average Bonchev–Trinajstić information content (AvgIpc) is 2.13. The molecule has 1 aromatic heterocycles. The van der Waals surface area contributed by atoms with Gasteiger partial charge < -0.3 is 5.73 Å². The van der Waals surface area contributed by atoms with Gasteiger partial charge in [0.25, 0.3) is 0 Å². The van der Waals surface area contributed by atoms with Gasteiger partial charge in [0.1, 0.15) is 0 Å². The van der Waals surface area contributed by atoms with Gasteiger partial charge >= 0.3 is 0 Å². The van der Waals surface area contributed by atoms with E-state index in [0.717, 1.165) is 0 Å². The number of nitrogen functional groups attached to an aromatic ring is 1. The normalized spacial score (nSPS) is 6.55. The van der Waals surface area contributed by atoms with E-state index in [0.29, 0.717) is 5.69 Å². The molecule has 2 heteroatoms. The summed E-state index contributed by atoms with van der Waals surface area (Å²) in [5.74, 6) is 0. The zero-order valence-corrected chi connectivity index (χ0v) is 7.83. The lowest BCUT2D eigenvalue weighted by Crippen LogP contribution is -1.82. The first-order valence-corrected chi connectivity index (χ1v) is 4.05. The number of rotatable bonds is 0. The Morgan fingerprint density at radius 2 is 1.73 bits per heavy atom. The molecule has 1 rings (SSSR count). The lowest BCUT2D eigenvalue weighted by Gasteiger charge is -1.83. The SMILES string of the molecule is CC.CC.Nc1cccnc1. The van der Waals surface area contributed by atoms with Gasteiger partial charge in [0.15, 0.2) is 0 Å². The zero-order chi connectivity index (χ0) is 9.11. The summed E-state index contributed by atoms with van der Waals surface area (Å²) in [6, 6.07) is 3.60. The molecule has 0 radical (unpaired) electrons. The van der Waals surface area contributed by atoms with Crippen molar-refractivity contribution in [1.82, 2.24) is 4.98 Å². The Bertz CT molecular complexity index is 137. The lowest BCUT2D eigenvalue weighted by molar-refractivity contribution is 1.33. The highest BCUT2D eigenvalue weighted by Gasteiger charge is 1.73. The van der Waals surface area contributed by atoms with Crippen molar-refractivity contribution < 1.29 is 0 Å². The molecule has 0 spiro atoms. The third-order valence-corrected chi connectivity index (χ3v) is 0.684. The minimum Gasteiger partial charge on any atom is -0.397 e. The van der Waals surface area contributed by atoms with Crippen LogP contribution in [0.3, 0.4) is 0 Å². The molecular formula is C9H18N2. The molecule has 2 nitrogen and oxygen atoms in total. The molecule has 0 aromatic carbocycles. The molecule has 0 fully saturated rings. The summed E-state index contributed by atoms with van der Waals surface area (Å²) in [5.41, 5.74) is 6.01. The zero-order valence-electron chi connectivity index (χ0n) is 7.83. The van der Waals surface area contributed by atoms with E-state index >= 15 is 0 Å². The number of nitrogens with zero attached hydrogens (tertiary/aromatic N) is 1. The van der Waals surface area contributed by atoms with Gasteiger partial charge in [-0.2, -0.15) is 0 Å². The summed E-state index contributed by atoms with van der Waals surface area (Å²) in [6.45, 7) is 8.00. The fourth-order valence-corrected chi connectivity index (χ4v) is 0.376. The Hall–Kier alpha value is -1.05. The van der Waals surface area contributed by atoms with E-state index < -0.39 is 0 Å². The van der Waals surface area contributed by atoms with Crippen molar-refractivity contribution in [2.24, 2.45) is 0 Å². The number of pyridine rings is 1. The highest BCUT2D eigenvalue weighted by molar-refractivity contribution is 5.32. The first kappa shape index (κ1) is 12.6. The largest absolute Gasteiger partial charge is 0.397 e. The van der Waals surface area contributed by atoms with Crippen LogP contribution < -0.4 is 5.73 Å². The van der Waals surface area contributed by atoms with Crippen molar-refractivity contribution in [2.75, 3.05) is 5.73 Å². The minimum atomic E-state index is 0.711. The topological polar surface area (TPSA) is 38.9 Å². The van der Waals surface area contributed by atoms with E-state index in [-0.39, 0.29) is 0 Å². The second-order valence-corrected chi connectivity index (χ2v) is 1.29. The fraction of sp³-hybridized carbons (Fsp3) is 0.444. The van der Waals surface area contributed by atoms with Crippen molar-refractivity contribution in [1.29, 1.82) is 0 Å². The molecule has 0 atom stereocenters. The van der Waals surface area contributed by atoms with Crippen LogP contribution in [0.15, 0.2) is 24.5 Å². The summed E-state index contributed by atoms with van der Waals surface area (Å²) < 4.78 is 0. The molecule has 0 amide bonds. The van der Waals surface area contributed by atoms with Crippen LogP contribution >= 0.6 is 0 Å². The van der Waals surface area contributed by atoms with Gasteiger partial charge in [0.05, 0.1) is 5.69 Å². The molecule has 0 saturated heterocycles. The second-order valence-electron chi connectivity index (χ2n) is 1.29. The van der Waals surface area contributed by atoms with Crippen LogP contribution in [-0.2, 0) is 0 Å². The maximum absolute atomic E-state index is 5.30. The van der Waals surface area contributed by atoms with Crippen molar-refractivity contribution >= 4 is 5.69 Å². The Balaban J connectivity index is 0. The number of nitrogens with two attached hydrogens (primary N) is 1. The molecule has 0 aliphatic carbocycles. The number of anilines is 1. The molecule has 11 heavy (non-hydrogen) atoms. The van der Waals surface area contributed by atoms with Gasteiger partial charge in [-0.05, 0) is 12.1 Å². The maximum atomic E-state index is 5.30. The third kappa shape index (κ3) is 8.95. The van der Waals surface area contributed by atoms with Crippen LogP contribution in [0.25, 0.3) is 0 Å². The quantitative estimate of drug-likeness (QED) is 0.624. The predicted molar refractivity (Wildman–Crippen MR) is 51.3 cm³/mol. The molecule has 64 valence electrons. The van der Waals surface area contributed by atoms with Crippen LogP contribution in [-0.4, -0.2) is 4.98 Å². The van der Waals surface area contributed by atoms with Gasteiger partial charge in [0.2, 0.25) is 0 Å². The Kier molecular flexibility index (Phi) is 13.4.